The lowest BCUT2D eigenvalue weighted by Crippen LogP contribution is -2.13. The summed E-state index contributed by atoms with van der Waals surface area (Å²) in [6.07, 6.45) is -0.498. The molecule has 0 saturated carbocycles. The van der Waals surface area contributed by atoms with Gasteiger partial charge in [0.2, 0.25) is 6.79 Å². The summed E-state index contributed by atoms with van der Waals surface area (Å²) in [5, 5.41) is 2.60. The lowest BCUT2D eigenvalue weighted by molar-refractivity contribution is 0.168. The van der Waals surface area contributed by atoms with E-state index >= 15 is 0 Å². The van der Waals surface area contributed by atoms with E-state index in [4.69, 9.17) is 14.2 Å². The summed E-state index contributed by atoms with van der Waals surface area (Å²) in [5.41, 5.74) is 0.586. The first-order chi connectivity index (χ1) is 7.70. The van der Waals surface area contributed by atoms with Gasteiger partial charge in [-0.25, -0.2) is 4.79 Å². The van der Waals surface area contributed by atoms with Crippen molar-refractivity contribution in [2.45, 2.75) is 6.92 Å². The highest BCUT2D eigenvalue weighted by atomic mass is 79.9. The van der Waals surface area contributed by atoms with Crippen LogP contribution < -0.4 is 14.8 Å². The van der Waals surface area contributed by atoms with Gasteiger partial charge in [0.15, 0.2) is 11.5 Å². The number of carbonyl (C=O) groups excluding carboxylic acids is 1. The molecule has 1 aliphatic rings. The number of nitrogens with one attached hydrogen (secondary N) is 1. The molecule has 5 nitrogen and oxygen atoms in total. The van der Waals surface area contributed by atoms with Gasteiger partial charge in [0, 0.05) is 16.6 Å². The first-order valence-electron chi connectivity index (χ1n) is 4.73. The van der Waals surface area contributed by atoms with Gasteiger partial charge in [0.05, 0.1) is 12.3 Å². The molecule has 0 saturated heterocycles. The Morgan fingerprint density at radius 2 is 2.19 bits per heavy atom. The highest BCUT2D eigenvalue weighted by Gasteiger charge is 2.17. The Balaban J connectivity index is 2.18. The number of fused-ring (bicyclic) bond motifs is 1. The molecule has 6 heteroatoms. The van der Waals surface area contributed by atoms with E-state index in [-0.39, 0.29) is 6.79 Å². The molecular formula is C10H10BrNO4. The maximum absolute atomic E-state index is 11.2. The number of hydrogen-bond acceptors (Lipinski definition) is 4. The van der Waals surface area contributed by atoms with Crippen LogP contribution in [0.25, 0.3) is 0 Å². The molecular weight excluding hydrogens is 278 g/mol. The number of hydrogen-bond donors (Lipinski definition) is 1. The van der Waals surface area contributed by atoms with Crippen molar-refractivity contribution in [1.82, 2.24) is 0 Å². The molecule has 1 N–H and O–H groups in total. The number of halogens is 1. The average Bonchev–Trinajstić information content (AvgIpc) is 2.65. The van der Waals surface area contributed by atoms with Gasteiger partial charge in [0.1, 0.15) is 0 Å². The summed E-state index contributed by atoms with van der Waals surface area (Å²) in [6, 6.07) is 3.42. The van der Waals surface area contributed by atoms with Crippen LogP contribution in [-0.4, -0.2) is 19.5 Å². The molecule has 0 aromatic heterocycles. The van der Waals surface area contributed by atoms with Gasteiger partial charge >= 0.3 is 6.09 Å². The van der Waals surface area contributed by atoms with Crippen LogP contribution in [0.15, 0.2) is 16.6 Å². The van der Waals surface area contributed by atoms with E-state index in [0.717, 1.165) is 0 Å². The molecule has 86 valence electrons. The Hall–Kier alpha value is -1.43. The Morgan fingerprint density at radius 1 is 1.50 bits per heavy atom. The average molecular weight is 288 g/mol. The molecule has 0 unspecified atom stereocenters. The number of benzene rings is 1. The molecule has 1 aromatic carbocycles. The van der Waals surface area contributed by atoms with E-state index in [0.29, 0.717) is 28.3 Å². The molecule has 1 heterocycles. The minimum atomic E-state index is -0.498. The van der Waals surface area contributed by atoms with Gasteiger partial charge in [-0.2, -0.15) is 0 Å². The molecule has 1 aromatic rings. The zero-order valence-electron chi connectivity index (χ0n) is 8.58. The molecule has 2 rings (SSSR count). The van der Waals surface area contributed by atoms with Crippen LogP contribution >= 0.6 is 15.9 Å². The predicted octanol–water partition coefficient (Wildman–Crippen LogP) is 2.75. The summed E-state index contributed by atoms with van der Waals surface area (Å²) in [6.45, 7) is 2.27. The van der Waals surface area contributed by atoms with Crippen molar-refractivity contribution >= 4 is 27.7 Å². The lowest BCUT2D eigenvalue weighted by atomic mass is 10.3. The zero-order valence-corrected chi connectivity index (χ0v) is 10.2. The fourth-order valence-corrected chi connectivity index (χ4v) is 1.71. The highest BCUT2D eigenvalue weighted by Crippen LogP contribution is 2.39. The monoisotopic (exact) mass is 287 g/mol. The van der Waals surface area contributed by atoms with Gasteiger partial charge < -0.3 is 14.2 Å². The van der Waals surface area contributed by atoms with E-state index in [1.165, 1.54) is 0 Å². The predicted molar refractivity (Wildman–Crippen MR) is 60.9 cm³/mol. The van der Waals surface area contributed by atoms with Crippen molar-refractivity contribution in [3.05, 3.63) is 16.6 Å². The second-order valence-electron chi connectivity index (χ2n) is 3.03. The van der Waals surface area contributed by atoms with Crippen molar-refractivity contribution < 1.29 is 19.0 Å². The van der Waals surface area contributed by atoms with Crippen molar-refractivity contribution in [2.24, 2.45) is 0 Å². The molecule has 0 radical (unpaired) electrons. The number of anilines is 1. The molecule has 0 fully saturated rings. The molecule has 0 atom stereocenters. The molecule has 0 bridgehead atoms. The highest BCUT2D eigenvalue weighted by molar-refractivity contribution is 9.10. The van der Waals surface area contributed by atoms with Gasteiger partial charge in [0.25, 0.3) is 0 Å². The third kappa shape index (κ3) is 2.21. The SMILES string of the molecule is CCOC(=O)Nc1cc2c(cc1Br)OCO2. The largest absolute Gasteiger partial charge is 0.454 e. The first kappa shape index (κ1) is 11.1. The zero-order chi connectivity index (χ0) is 11.5. The van der Waals surface area contributed by atoms with Crippen LogP contribution in [0.4, 0.5) is 10.5 Å². The van der Waals surface area contributed by atoms with E-state index in [2.05, 4.69) is 21.2 Å². The summed E-state index contributed by atoms with van der Waals surface area (Å²) >= 11 is 3.32. The lowest BCUT2D eigenvalue weighted by Gasteiger charge is -2.08. The molecule has 16 heavy (non-hydrogen) atoms. The number of rotatable bonds is 2. The fourth-order valence-electron chi connectivity index (χ4n) is 1.29. The first-order valence-corrected chi connectivity index (χ1v) is 5.53. The van der Waals surface area contributed by atoms with Crippen LogP contribution in [0.1, 0.15) is 6.92 Å². The molecule has 1 amide bonds. The van der Waals surface area contributed by atoms with Crippen LogP contribution in [0.2, 0.25) is 0 Å². The second kappa shape index (κ2) is 4.61. The Bertz CT molecular complexity index is 422. The van der Waals surface area contributed by atoms with Gasteiger partial charge in [-0.05, 0) is 22.9 Å². The molecule has 1 aliphatic heterocycles. The van der Waals surface area contributed by atoms with E-state index in [1.807, 2.05) is 0 Å². The minimum Gasteiger partial charge on any atom is -0.454 e. The topological polar surface area (TPSA) is 56.8 Å². The molecule has 0 aliphatic carbocycles. The third-order valence-corrected chi connectivity index (χ3v) is 2.63. The van der Waals surface area contributed by atoms with Crippen molar-refractivity contribution in [3.8, 4) is 11.5 Å². The number of ether oxygens (including phenoxy) is 3. The maximum Gasteiger partial charge on any atom is 0.411 e. The van der Waals surface area contributed by atoms with Crippen molar-refractivity contribution in [3.63, 3.8) is 0 Å². The maximum atomic E-state index is 11.2. The summed E-state index contributed by atoms with van der Waals surface area (Å²) in [7, 11) is 0. The fraction of sp³-hybridized carbons (Fsp3) is 0.300. The number of amides is 1. The van der Waals surface area contributed by atoms with Crippen LogP contribution in [0.5, 0.6) is 11.5 Å². The van der Waals surface area contributed by atoms with Gasteiger partial charge in [-0.15, -0.1) is 0 Å². The van der Waals surface area contributed by atoms with Crippen LogP contribution in [0, 0.1) is 0 Å². The van der Waals surface area contributed by atoms with E-state index < -0.39 is 6.09 Å². The van der Waals surface area contributed by atoms with E-state index in [1.54, 1.807) is 19.1 Å². The third-order valence-electron chi connectivity index (χ3n) is 1.97. The van der Waals surface area contributed by atoms with Gasteiger partial charge in [-0.3, -0.25) is 5.32 Å². The summed E-state index contributed by atoms with van der Waals surface area (Å²) in [4.78, 5) is 11.2. The Morgan fingerprint density at radius 3 is 2.88 bits per heavy atom. The Kier molecular flexibility index (Phi) is 3.19. The number of carbonyl (C=O) groups is 1. The minimum absolute atomic E-state index is 0.199. The van der Waals surface area contributed by atoms with Crippen molar-refractivity contribution in [1.29, 1.82) is 0 Å². The smallest absolute Gasteiger partial charge is 0.411 e. The van der Waals surface area contributed by atoms with Crippen LogP contribution in [-0.2, 0) is 4.74 Å². The van der Waals surface area contributed by atoms with E-state index in [9.17, 15) is 4.79 Å². The second-order valence-corrected chi connectivity index (χ2v) is 3.89. The summed E-state index contributed by atoms with van der Waals surface area (Å²) < 4.78 is 15.9. The van der Waals surface area contributed by atoms with Crippen LogP contribution in [0.3, 0.4) is 0 Å². The standard InChI is InChI=1S/C10H10BrNO4/c1-2-14-10(13)12-7-4-9-8(3-6(7)11)15-5-16-9/h3-4H,2,5H2,1H3,(H,12,13). The Labute approximate surface area is 101 Å². The van der Waals surface area contributed by atoms with Crippen molar-refractivity contribution in [2.75, 3.05) is 18.7 Å². The molecule has 0 spiro atoms. The summed E-state index contributed by atoms with van der Waals surface area (Å²) in [5.74, 6) is 1.26. The van der Waals surface area contributed by atoms with Gasteiger partial charge in [-0.1, -0.05) is 0 Å². The normalized spacial score (nSPS) is 12.4. The quantitative estimate of drug-likeness (QED) is 0.909.